The molecular formula is C3H7ClO4S. The third-order valence-electron chi connectivity index (χ3n) is 0.584. The molecule has 0 aliphatic carbocycles. The molecule has 0 amide bonds. The van der Waals surface area contributed by atoms with Gasteiger partial charge in [0.2, 0.25) is 0 Å². The summed E-state index contributed by atoms with van der Waals surface area (Å²) in [5.41, 5.74) is 0. The minimum Gasteiger partial charge on any atom is -0.197 e. The van der Waals surface area contributed by atoms with Gasteiger partial charge >= 0.3 is 0 Å². The maximum atomic E-state index is 10.4. The summed E-state index contributed by atoms with van der Waals surface area (Å²) in [7, 11) is -3.54. The summed E-state index contributed by atoms with van der Waals surface area (Å²) >= 11 is 4.52. The summed E-state index contributed by atoms with van der Waals surface area (Å²) in [4.78, 5) is 0. The van der Waals surface area contributed by atoms with E-state index in [4.69, 9.17) is 0 Å². The van der Waals surface area contributed by atoms with Crippen molar-refractivity contribution >= 4 is 22.0 Å². The molecule has 0 unspecified atom stereocenters. The lowest BCUT2D eigenvalue weighted by Gasteiger charge is -1.94. The molecule has 0 radical (unpaired) electrons. The molecule has 0 aromatic carbocycles. The van der Waals surface area contributed by atoms with Gasteiger partial charge in [0.15, 0.2) is 0 Å². The molecule has 0 saturated carbocycles. The van der Waals surface area contributed by atoms with Gasteiger partial charge in [0, 0.05) is 0 Å². The molecule has 0 atom stereocenters. The molecule has 0 saturated heterocycles. The first-order valence-electron chi connectivity index (χ1n) is 2.32. The maximum absolute atomic E-state index is 10.4. The smallest absolute Gasteiger partial charge is 0.197 e. The molecule has 4 nitrogen and oxygen atoms in total. The van der Waals surface area contributed by atoms with Gasteiger partial charge in [-0.1, -0.05) is 11.3 Å². The van der Waals surface area contributed by atoms with Crippen LogP contribution in [0.1, 0.15) is 13.3 Å². The maximum Gasteiger partial charge on any atom is 0.294 e. The van der Waals surface area contributed by atoms with Crippen LogP contribution in [0.4, 0.5) is 0 Å². The molecule has 0 heterocycles. The SMILES string of the molecule is CCCS(=O)(=O)OOCl. The highest BCUT2D eigenvalue weighted by atomic mass is 35.5. The van der Waals surface area contributed by atoms with Crippen molar-refractivity contribution < 1.29 is 17.2 Å². The van der Waals surface area contributed by atoms with E-state index in [0.717, 1.165) is 0 Å². The van der Waals surface area contributed by atoms with Gasteiger partial charge in [0.25, 0.3) is 10.1 Å². The Kier molecular flexibility index (Phi) is 4.12. The molecule has 6 heteroatoms. The van der Waals surface area contributed by atoms with Crippen molar-refractivity contribution in [1.82, 2.24) is 0 Å². The topological polar surface area (TPSA) is 52.6 Å². The Morgan fingerprint density at radius 2 is 2.11 bits per heavy atom. The van der Waals surface area contributed by atoms with E-state index in [0.29, 0.717) is 6.42 Å². The van der Waals surface area contributed by atoms with Gasteiger partial charge in [-0.25, -0.2) is 0 Å². The van der Waals surface area contributed by atoms with Crippen molar-refractivity contribution in [3.63, 3.8) is 0 Å². The molecule has 0 fully saturated rings. The van der Waals surface area contributed by atoms with Crippen LogP contribution in [-0.4, -0.2) is 14.2 Å². The molecule has 0 bridgehead atoms. The molecule has 0 N–H and O–H groups in total. The first-order chi connectivity index (χ1) is 4.12. The van der Waals surface area contributed by atoms with E-state index in [9.17, 15) is 8.42 Å². The quantitative estimate of drug-likeness (QED) is 0.468. The molecule has 0 rings (SSSR count). The third-order valence-corrected chi connectivity index (χ3v) is 1.90. The Balaban J connectivity index is 3.73. The van der Waals surface area contributed by atoms with Crippen LogP contribution in [0.15, 0.2) is 0 Å². The van der Waals surface area contributed by atoms with Gasteiger partial charge in [-0.2, -0.15) is 8.42 Å². The summed E-state index contributed by atoms with van der Waals surface area (Å²) < 4.78 is 27.9. The van der Waals surface area contributed by atoms with Crippen LogP contribution >= 0.6 is 11.9 Å². The van der Waals surface area contributed by atoms with E-state index < -0.39 is 10.1 Å². The van der Waals surface area contributed by atoms with Crippen LogP contribution < -0.4 is 0 Å². The highest BCUT2D eigenvalue weighted by Crippen LogP contribution is 1.97. The first-order valence-corrected chi connectivity index (χ1v) is 4.20. The highest BCUT2D eigenvalue weighted by Gasteiger charge is 2.09. The van der Waals surface area contributed by atoms with Crippen molar-refractivity contribution in [2.45, 2.75) is 13.3 Å². The minimum absolute atomic E-state index is 0.0836. The zero-order valence-corrected chi connectivity index (χ0v) is 6.41. The van der Waals surface area contributed by atoms with Crippen LogP contribution in [0, 0.1) is 0 Å². The standard InChI is InChI=1S/C3H7ClO4S/c1-2-3-9(5,6)8-7-4/h2-3H2,1H3. The molecule has 0 spiro atoms. The average Bonchev–Trinajstić information content (AvgIpc) is 1.64. The zero-order chi connectivity index (χ0) is 7.33. The van der Waals surface area contributed by atoms with Gasteiger partial charge < -0.3 is 0 Å². The second kappa shape index (κ2) is 4.05. The Morgan fingerprint density at radius 1 is 1.56 bits per heavy atom. The van der Waals surface area contributed by atoms with Gasteiger partial charge in [-0.05, 0) is 6.42 Å². The molecular weight excluding hydrogens is 168 g/mol. The molecule has 0 aromatic rings. The number of rotatable bonds is 4. The lowest BCUT2D eigenvalue weighted by atomic mass is 10.6. The fourth-order valence-electron chi connectivity index (χ4n) is 0.323. The minimum atomic E-state index is -3.54. The van der Waals surface area contributed by atoms with E-state index >= 15 is 0 Å². The van der Waals surface area contributed by atoms with Crippen molar-refractivity contribution in [3.05, 3.63) is 0 Å². The lowest BCUT2D eigenvalue weighted by Crippen LogP contribution is -2.07. The highest BCUT2D eigenvalue weighted by molar-refractivity contribution is 7.86. The van der Waals surface area contributed by atoms with E-state index in [2.05, 4.69) is 20.6 Å². The zero-order valence-electron chi connectivity index (χ0n) is 4.83. The number of hydrogen-bond acceptors (Lipinski definition) is 4. The second-order valence-corrected chi connectivity index (χ2v) is 3.18. The summed E-state index contributed by atoms with van der Waals surface area (Å²) in [5, 5.41) is 0. The second-order valence-electron chi connectivity index (χ2n) is 1.39. The van der Waals surface area contributed by atoms with Gasteiger partial charge in [-0.15, -0.1) is 4.44 Å². The van der Waals surface area contributed by atoms with Crippen LogP contribution in [0.25, 0.3) is 0 Å². The van der Waals surface area contributed by atoms with Crippen LogP contribution in [-0.2, 0) is 18.9 Å². The fourth-order valence-corrected chi connectivity index (χ4v) is 1.20. The molecule has 56 valence electrons. The summed E-state index contributed by atoms with van der Waals surface area (Å²) in [6.07, 6.45) is 0.475. The van der Waals surface area contributed by atoms with E-state index in [1.165, 1.54) is 0 Å². The fraction of sp³-hybridized carbons (Fsp3) is 1.00. The Bertz CT molecular complexity index is 139. The van der Waals surface area contributed by atoms with Crippen molar-refractivity contribution in [3.8, 4) is 0 Å². The largest absolute Gasteiger partial charge is 0.294 e. The predicted octanol–water partition coefficient (Wildman–Crippen LogP) is 0.828. The van der Waals surface area contributed by atoms with E-state index in [1.54, 1.807) is 6.92 Å². The Morgan fingerprint density at radius 3 is 2.44 bits per heavy atom. The van der Waals surface area contributed by atoms with Gasteiger partial charge in [-0.3, -0.25) is 0 Å². The summed E-state index contributed by atoms with van der Waals surface area (Å²) in [5.74, 6) is -0.0836. The van der Waals surface area contributed by atoms with E-state index in [1.807, 2.05) is 0 Å². The molecule has 0 aliphatic rings. The normalized spacial score (nSPS) is 11.8. The van der Waals surface area contributed by atoms with Gasteiger partial charge in [0.05, 0.1) is 5.75 Å². The average molecular weight is 175 g/mol. The third kappa shape index (κ3) is 4.65. The summed E-state index contributed by atoms with van der Waals surface area (Å²) in [6, 6.07) is 0. The number of halogens is 1. The van der Waals surface area contributed by atoms with Crippen LogP contribution in [0.3, 0.4) is 0 Å². The van der Waals surface area contributed by atoms with Crippen LogP contribution in [0.2, 0.25) is 0 Å². The number of hydrogen-bond donors (Lipinski definition) is 0. The Hall–Kier alpha value is 0.160. The summed E-state index contributed by atoms with van der Waals surface area (Å²) in [6.45, 7) is 1.70. The monoisotopic (exact) mass is 174 g/mol. The van der Waals surface area contributed by atoms with Crippen molar-refractivity contribution in [2.24, 2.45) is 0 Å². The first kappa shape index (κ1) is 9.16. The molecule has 9 heavy (non-hydrogen) atoms. The Labute approximate surface area is 58.9 Å². The molecule has 0 aromatic heterocycles. The van der Waals surface area contributed by atoms with E-state index in [-0.39, 0.29) is 5.75 Å². The van der Waals surface area contributed by atoms with Crippen molar-refractivity contribution in [2.75, 3.05) is 5.75 Å². The lowest BCUT2D eigenvalue weighted by molar-refractivity contribution is -0.0840. The molecule has 0 aliphatic heterocycles. The predicted molar refractivity (Wildman–Crippen MR) is 32.1 cm³/mol. The van der Waals surface area contributed by atoms with Crippen LogP contribution in [0.5, 0.6) is 0 Å². The van der Waals surface area contributed by atoms with Crippen molar-refractivity contribution in [1.29, 1.82) is 0 Å². The van der Waals surface area contributed by atoms with Gasteiger partial charge in [0.1, 0.15) is 11.9 Å².